The van der Waals surface area contributed by atoms with Gasteiger partial charge in [0.15, 0.2) is 11.6 Å². The van der Waals surface area contributed by atoms with E-state index in [2.05, 4.69) is 41.2 Å². The Kier molecular flexibility index (Phi) is 13.0. The molecule has 4 N–H and O–H groups in total. The van der Waals surface area contributed by atoms with Crippen molar-refractivity contribution in [2.75, 3.05) is 21.3 Å². The molecule has 0 saturated carbocycles. The van der Waals surface area contributed by atoms with Gasteiger partial charge >= 0.3 is 18.2 Å². The van der Waals surface area contributed by atoms with E-state index in [9.17, 15) is 35.9 Å². The Labute approximate surface area is 361 Å². The quantitative estimate of drug-likeness (QED) is 0.110. The molecule has 0 aliphatic heterocycles. The van der Waals surface area contributed by atoms with Crippen LogP contribution in [0.4, 0.5) is 58.7 Å². The zero-order valence-corrected chi connectivity index (χ0v) is 33.2. The molecule has 0 bridgehead atoms. The fourth-order valence-corrected chi connectivity index (χ4v) is 6.01. The van der Waals surface area contributed by atoms with Crippen molar-refractivity contribution in [3.05, 3.63) is 167 Å². The molecule has 4 amide bonds. The molecule has 0 saturated heterocycles. The van der Waals surface area contributed by atoms with Crippen molar-refractivity contribution in [1.29, 1.82) is 0 Å². The molecule has 0 atom stereocenters. The third-order valence-electron chi connectivity index (χ3n) is 8.44. The van der Waals surface area contributed by atoms with Gasteiger partial charge in [-0.05, 0) is 84.9 Å². The predicted octanol–water partition coefficient (Wildman–Crippen LogP) is 12.9. The summed E-state index contributed by atoms with van der Waals surface area (Å²) in [7, 11) is 0. The van der Waals surface area contributed by atoms with E-state index in [-0.39, 0.29) is 34.3 Å². The minimum atomic E-state index is -4.69. The monoisotopic (exact) mass is 902 g/mol. The topological polar surface area (TPSA) is 152 Å². The largest absolute Gasteiger partial charge is 0.457 e. The van der Waals surface area contributed by atoms with E-state index in [1.807, 2.05) is 0 Å². The zero-order chi connectivity index (χ0) is 44.7. The lowest BCUT2D eigenvalue weighted by molar-refractivity contribution is -0.137. The molecule has 0 aliphatic carbocycles. The lowest BCUT2D eigenvalue weighted by atomic mass is 10.2. The SMILES string of the molecule is O=C(Nc1ccc(Cl)c(C(F)(F)F)c1)Nc1ccc(Oc2ccc3nccnc3c2)cc1F.O=C(Nc1cccc(Cl)c1)Nc1ccc(Oc2ccc3nccnc3c2)c(F)c1F. The van der Waals surface area contributed by atoms with Gasteiger partial charge in [0.2, 0.25) is 5.82 Å². The van der Waals surface area contributed by atoms with Crippen LogP contribution in [0.3, 0.4) is 0 Å². The lowest BCUT2D eigenvalue weighted by Crippen LogP contribution is -2.20. The van der Waals surface area contributed by atoms with Gasteiger partial charge in [-0.3, -0.25) is 19.9 Å². The maximum Gasteiger partial charge on any atom is 0.417 e. The molecular formula is C43H26Cl2F6N8O4. The summed E-state index contributed by atoms with van der Waals surface area (Å²) < 4.78 is 93.3. The second kappa shape index (κ2) is 18.9. The number of halogens is 8. The van der Waals surface area contributed by atoms with E-state index < -0.39 is 46.3 Å². The fraction of sp³-hybridized carbons (Fsp3) is 0.0233. The van der Waals surface area contributed by atoms with Gasteiger partial charge in [-0.1, -0.05) is 29.3 Å². The highest BCUT2D eigenvalue weighted by atomic mass is 35.5. The third-order valence-corrected chi connectivity index (χ3v) is 9.01. The average Bonchev–Trinajstić information content (AvgIpc) is 3.25. The van der Waals surface area contributed by atoms with Crippen molar-refractivity contribution in [3.63, 3.8) is 0 Å². The molecule has 0 aliphatic rings. The normalized spacial score (nSPS) is 11.0. The number of urea groups is 2. The number of ether oxygens (including phenoxy) is 2. The second-order valence-electron chi connectivity index (χ2n) is 12.9. The molecule has 63 heavy (non-hydrogen) atoms. The minimum Gasteiger partial charge on any atom is -0.457 e. The Morgan fingerprint density at radius 2 is 1.06 bits per heavy atom. The molecule has 8 rings (SSSR count). The molecule has 0 fully saturated rings. The van der Waals surface area contributed by atoms with Crippen LogP contribution in [0.2, 0.25) is 10.0 Å². The molecule has 20 heteroatoms. The summed E-state index contributed by atoms with van der Waals surface area (Å²) in [4.78, 5) is 40.8. The Morgan fingerprint density at radius 3 is 1.67 bits per heavy atom. The maximum absolute atomic E-state index is 14.5. The van der Waals surface area contributed by atoms with Crippen molar-refractivity contribution in [2.45, 2.75) is 6.18 Å². The van der Waals surface area contributed by atoms with Gasteiger partial charge in [-0.15, -0.1) is 0 Å². The summed E-state index contributed by atoms with van der Waals surface area (Å²) in [5.41, 5.74) is 1.05. The van der Waals surface area contributed by atoms with Crippen LogP contribution in [0.1, 0.15) is 5.56 Å². The van der Waals surface area contributed by atoms with Crippen LogP contribution in [0, 0.1) is 17.5 Å². The van der Waals surface area contributed by atoms with E-state index in [4.69, 9.17) is 32.7 Å². The Hall–Kier alpha value is -7.70. The fourth-order valence-electron chi connectivity index (χ4n) is 5.60. The van der Waals surface area contributed by atoms with Crippen molar-refractivity contribution >= 4 is 80.1 Å². The summed E-state index contributed by atoms with van der Waals surface area (Å²) >= 11 is 11.4. The number of benzene rings is 6. The maximum atomic E-state index is 14.5. The smallest absolute Gasteiger partial charge is 0.417 e. The van der Waals surface area contributed by atoms with Crippen LogP contribution in [0.25, 0.3) is 22.1 Å². The molecule has 6 aromatic carbocycles. The molecule has 8 aromatic rings. The summed E-state index contributed by atoms with van der Waals surface area (Å²) in [6.07, 6.45) is 1.46. The van der Waals surface area contributed by atoms with Gasteiger partial charge in [-0.2, -0.15) is 17.6 Å². The first-order valence-corrected chi connectivity index (χ1v) is 18.8. The second-order valence-corrected chi connectivity index (χ2v) is 13.7. The van der Waals surface area contributed by atoms with E-state index in [1.54, 1.807) is 67.0 Å². The number of fused-ring (bicyclic) bond motifs is 2. The molecule has 12 nitrogen and oxygen atoms in total. The highest BCUT2D eigenvalue weighted by Crippen LogP contribution is 2.37. The van der Waals surface area contributed by atoms with E-state index in [1.165, 1.54) is 48.8 Å². The summed E-state index contributed by atoms with van der Waals surface area (Å²) in [5, 5.41) is 9.09. The molecule has 2 aromatic heterocycles. The van der Waals surface area contributed by atoms with Gasteiger partial charge in [-0.25, -0.2) is 18.4 Å². The van der Waals surface area contributed by atoms with E-state index >= 15 is 0 Å². The Bertz CT molecular complexity index is 3000. The van der Waals surface area contributed by atoms with Gasteiger partial charge in [0.25, 0.3) is 0 Å². The number of amides is 4. The van der Waals surface area contributed by atoms with Gasteiger partial charge in [0.05, 0.1) is 44.0 Å². The number of anilines is 4. The zero-order valence-electron chi connectivity index (χ0n) is 31.6. The molecular weight excluding hydrogens is 877 g/mol. The first-order chi connectivity index (χ1) is 30.2. The summed E-state index contributed by atoms with van der Waals surface area (Å²) in [6, 6.07) is 23.5. The first kappa shape index (κ1) is 43.4. The standard InChI is InChI=1S/C22H13ClF4N4O2.C21H13ClF2N4O2/c23-16-4-1-12(9-15(16)22(25,26)27)30-21(32)31-18-5-2-13(10-17(18)24)33-14-3-6-19-20(11-14)29-8-7-28-19;22-12-2-1-3-13(10-12)27-21(29)28-16-6-7-18(20(24)19(16)23)30-14-4-5-15-17(11-14)26-9-8-25-15/h1-11H,(H2,30,31,32);1-11H,(H2,27,28,29). The van der Waals surface area contributed by atoms with Crippen LogP contribution in [-0.2, 0) is 6.18 Å². The van der Waals surface area contributed by atoms with E-state index in [0.717, 1.165) is 12.1 Å². The van der Waals surface area contributed by atoms with Gasteiger partial charge in [0, 0.05) is 59.4 Å². The number of aromatic nitrogens is 4. The molecule has 318 valence electrons. The molecule has 2 heterocycles. The molecule has 0 radical (unpaired) electrons. The summed E-state index contributed by atoms with van der Waals surface area (Å²) in [6.45, 7) is 0. The lowest BCUT2D eigenvalue weighted by Gasteiger charge is -2.13. The third kappa shape index (κ3) is 11.2. The molecule has 0 spiro atoms. The average molecular weight is 904 g/mol. The minimum absolute atomic E-state index is 0.161. The van der Waals surface area contributed by atoms with Crippen LogP contribution in [0.5, 0.6) is 23.0 Å². The first-order valence-electron chi connectivity index (χ1n) is 18.0. The summed E-state index contributed by atoms with van der Waals surface area (Å²) in [5.74, 6) is -2.81. The number of nitrogens with one attached hydrogen (secondary N) is 4. The number of hydrogen-bond donors (Lipinski definition) is 4. The number of carbonyl (C=O) groups excluding carboxylic acids is 2. The number of alkyl halides is 3. The van der Waals surface area contributed by atoms with Crippen LogP contribution in [-0.4, -0.2) is 32.0 Å². The van der Waals surface area contributed by atoms with Crippen LogP contribution < -0.4 is 30.7 Å². The van der Waals surface area contributed by atoms with Crippen molar-refractivity contribution in [2.24, 2.45) is 0 Å². The van der Waals surface area contributed by atoms with Crippen molar-refractivity contribution in [3.8, 4) is 23.0 Å². The Balaban J connectivity index is 0.000000190. The van der Waals surface area contributed by atoms with Crippen molar-refractivity contribution in [1.82, 2.24) is 19.9 Å². The molecule has 0 unspecified atom stereocenters. The number of carbonyl (C=O) groups is 2. The van der Waals surface area contributed by atoms with Crippen LogP contribution in [0.15, 0.2) is 134 Å². The Morgan fingerprint density at radius 1 is 0.524 bits per heavy atom. The van der Waals surface area contributed by atoms with Gasteiger partial charge in [0.1, 0.15) is 23.1 Å². The van der Waals surface area contributed by atoms with Crippen molar-refractivity contribution < 1.29 is 45.4 Å². The number of rotatable bonds is 8. The highest BCUT2D eigenvalue weighted by molar-refractivity contribution is 6.31. The van der Waals surface area contributed by atoms with Gasteiger partial charge < -0.3 is 30.7 Å². The van der Waals surface area contributed by atoms with Crippen LogP contribution >= 0.6 is 23.2 Å². The van der Waals surface area contributed by atoms with E-state index in [0.29, 0.717) is 44.6 Å². The predicted molar refractivity (Wildman–Crippen MR) is 225 cm³/mol. The number of hydrogen-bond acceptors (Lipinski definition) is 8. The highest BCUT2D eigenvalue weighted by Gasteiger charge is 2.33. The number of nitrogens with zero attached hydrogens (tertiary/aromatic N) is 4.